The van der Waals surface area contributed by atoms with Gasteiger partial charge in [0.1, 0.15) is 11.4 Å². The third-order valence-electron chi connectivity index (χ3n) is 3.49. The predicted molar refractivity (Wildman–Crippen MR) is 82.5 cm³/mol. The quantitative estimate of drug-likeness (QED) is 0.681. The summed E-state index contributed by atoms with van der Waals surface area (Å²) >= 11 is 0. The van der Waals surface area contributed by atoms with Crippen molar-refractivity contribution in [1.29, 1.82) is 0 Å². The smallest absolute Gasteiger partial charge is 0.201 e. The van der Waals surface area contributed by atoms with E-state index in [4.69, 9.17) is 4.42 Å². The molecule has 0 aliphatic rings. The Bertz CT molecular complexity index is 925. The zero-order valence-electron chi connectivity index (χ0n) is 11.9. The Morgan fingerprint density at radius 1 is 1.14 bits per heavy atom. The Labute approximate surface area is 126 Å². The molecule has 22 heavy (non-hydrogen) atoms. The van der Waals surface area contributed by atoms with Crippen molar-refractivity contribution in [1.82, 2.24) is 0 Å². The highest BCUT2D eigenvalue weighted by atomic mass is 19.1. The molecule has 0 N–H and O–H groups in total. The number of hydrogen-bond acceptors (Lipinski definition) is 3. The highest BCUT2D eigenvalue weighted by molar-refractivity contribution is 6.01. The first-order valence-corrected chi connectivity index (χ1v) is 6.96. The molecule has 0 spiro atoms. The first-order chi connectivity index (χ1) is 10.6. The van der Waals surface area contributed by atoms with Crippen LogP contribution >= 0.6 is 0 Å². The summed E-state index contributed by atoms with van der Waals surface area (Å²) in [5.74, 6) is -0.779. The number of carbonyl (C=O) groups excluding carboxylic acids is 1. The highest BCUT2D eigenvalue weighted by Gasteiger charge is 2.20. The summed E-state index contributed by atoms with van der Waals surface area (Å²) in [6.07, 6.45) is 0.198. The lowest BCUT2D eigenvalue weighted by atomic mass is 9.99. The van der Waals surface area contributed by atoms with Gasteiger partial charge >= 0.3 is 0 Å². The van der Waals surface area contributed by atoms with Gasteiger partial charge in [-0.15, -0.1) is 0 Å². The molecular weight excluding hydrogens is 283 g/mol. The van der Waals surface area contributed by atoms with Crippen molar-refractivity contribution in [2.75, 3.05) is 0 Å². The molecule has 3 nitrogen and oxygen atoms in total. The number of ketones is 1. The van der Waals surface area contributed by atoms with E-state index in [0.29, 0.717) is 16.5 Å². The first-order valence-electron chi connectivity index (χ1n) is 6.96. The van der Waals surface area contributed by atoms with Crippen molar-refractivity contribution in [2.24, 2.45) is 0 Å². The van der Waals surface area contributed by atoms with Gasteiger partial charge in [0.2, 0.25) is 5.43 Å². The number of rotatable bonds is 3. The Hall–Kier alpha value is -2.75. The number of Topliss-reactive ketones (excluding diaryl/α,β-unsaturated/α-hetero) is 1. The van der Waals surface area contributed by atoms with Gasteiger partial charge in [-0.2, -0.15) is 0 Å². The minimum atomic E-state index is -0.472. The normalized spacial score (nSPS) is 10.8. The zero-order valence-corrected chi connectivity index (χ0v) is 11.9. The molecule has 0 fully saturated rings. The van der Waals surface area contributed by atoms with Gasteiger partial charge in [-0.3, -0.25) is 9.59 Å². The molecule has 1 aromatic heterocycles. The second kappa shape index (κ2) is 5.56. The van der Waals surface area contributed by atoms with Gasteiger partial charge in [-0.25, -0.2) is 4.39 Å². The van der Waals surface area contributed by atoms with E-state index in [9.17, 15) is 14.0 Å². The fourth-order valence-electron chi connectivity index (χ4n) is 2.41. The first kappa shape index (κ1) is 14.2. The van der Waals surface area contributed by atoms with Gasteiger partial charge in [0.05, 0.1) is 10.9 Å². The summed E-state index contributed by atoms with van der Waals surface area (Å²) in [5.41, 5.74) is 0.482. The SMILES string of the molecule is CCC(=O)c1oc2ccccc2c(=O)c1-c1cccc(F)c1. The summed E-state index contributed by atoms with van der Waals surface area (Å²) in [5, 5.41) is 0.370. The summed E-state index contributed by atoms with van der Waals surface area (Å²) in [6.45, 7) is 1.69. The van der Waals surface area contributed by atoms with Crippen LogP contribution < -0.4 is 5.43 Å². The Morgan fingerprint density at radius 2 is 1.91 bits per heavy atom. The van der Waals surface area contributed by atoms with Crippen molar-refractivity contribution in [3.05, 3.63) is 70.3 Å². The maximum atomic E-state index is 13.5. The molecule has 0 aliphatic carbocycles. The number of fused-ring (bicyclic) bond motifs is 1. The molecule has 0 aliphatic heterocycles. The van der Waals surface area contributed by atoms with Gasteiger partial charge in [0.15, 0.2) is 11.5 Å². The molecule has 3 aromatic rings. The summed E-state index contributed by atoms with van der Waals surface area (Å²) in [4.78, 5) is 24.9. The molecule has 4 heteroatoms. The summed E-state index contributed by atoms with van der Waals surface area (Å²) in [7, 11) is 0. The number of carbonyl (C=O) groups is 1. The molecule has 0 atom stereocenters. The van der Waals surface area contributed by atoms with E-state index in [1.165, 1.54) is 18.2 Å². The topological polar surface area (TPSA) is 47.3 Å². The van der Waals surface area contributed by atoms with Crippen LogP contribution in [-0.2, 0) is 0 Å². The Balaban J connectivity index is 2.43. The molecule has 0 radical (unpaired) electrons. The van der Waals surface area contributed by atoms with E-state index in [-0.39, 0.29) is 29.0 Å². The number of benzene rings is 2. The standard InChI is InChI=1S/C18H13FO3/c1-2-14(20)18-16(11-6-5-7-12(19)10-11)17(21)13-8-3-4-9-15(13)22-18/h3-10H,2H2,1H3. The summed E-state index contributed by atoms with van der Waals surface area (Å²) in [6, 6.07) is 12.3. The van der Waals surface area contributed by atoms with Crippen molar-refractivity contribution in [3.8, 4) is 11.1 Å². The van der Waals surface area contributed by atoms with E-state index in [1.807, 2.05) is 0 Å². The van der Waals surface area contributed by atoms with Crippen LogP contribution in [0.15, 0.2) is 57.7 Å². The maximum absolute atomic E-state index is 13.5. The van der Waals surface area contributed by atoms with E-state index in [2.05, 4.69) is 0 Å². The zero-order chi connectivity index (χ0) is 15.7. The second-order valence-corrected chi connectivity index (χ2v) is 4.92. The van der Waals surface area contributed by atoms with Crippen molar-refractivity contribution in [3.63, 3.8) is 0 Å². The number of halogens is 1. The van der Waals surface area contributed by atoms with Crippen LogP contribution in [0.3, 0.4) is 0 Å². The molecule has 0 unspecified atom stereocenters. The maximum Gasteiger partial charge on any atom is 0.201 e. The molecule has 3 rings (SSSR count). The Morgan fingerprint density at radius 3 is 2.64 bits per heavy atom. The molecule has 2 aromatic carbocycles. The lowest BCUT2D eigenvalue weighted by molar-refractivity contribution is 0.0963. The lowest BCUT2D eigenvalue weighted by Crippen LogP contribution is -2.12. The average Bonchev–Trinajstić information content (AvgIpc) is 2.54. The van der Waals surface area contributed by atoms with Crippen LogP contribution in [0, 0.1) is 5.82 Å². The van der Waals surface area contributed by atoms with E-state index in [0.717, 1.165) is 0 Å². The Kier molecular flexibility index (Phi) is 3.59. The minimum Gasteiger partial charge on any atom is -0.452 e. The van der Waals surface area contributed by atoms with Gasteiger partial charge in [0, 0.05) is 6.42 Å². The minimum absolute atomic E-state index is 0.0169. The van der Waals surface area contributed by atoms with Crippen LogP contribution in [-0.4, -0.2) is 5.78 Å². The third kappa shape index (κ3) is 2.33. The van der Waals surface area contributed by atoms with E-state index in [1.54, 1.807) is 37.3 Å². The molecular formula is C18H13FO3. The average molecular weight is 296 g/mol. The van der Waals surface area contributed by atoms with Gasteiger partial charge in [0.25, 0.3) is 0 Å². The fraction of sp³-hybridized carbons (Fsp3) is 0.111. The lowest BCUT2D eigenvalue weighted by Gasteiger charge is -2.09. The summed E-state index contributed by atoms with van der Waals surface area (Å²) < 4.78 is 19.1. The molecule has 0 saturated heterocycles. The van der Waals surface area contributed by atoms with E-state index >= 15 is 0 Å². The fourth-order valence-corrected chi connectivity index (χ4v) is 2.41. The molecule has 0 amide bonds. The van der Waals surface area contributed by atoms with Gasteiger partial charge in [-0.05, 0) is 29.8 Å². The van der Waals surface area contributed by atoms with Crippen molar-refractivity contribution >= 4 is 16.8 Å². The third-order valence-corrected chi connectivity index (χ3v) is 3.49. The monoisotopic (exact) mass is 296 g/mol. The van der Waals surface area contributed by atoms with Crippen LogP contribution in [0.2, 0.25) is 0 Å². The highest BCUT2D eigenvalue weighted by Crippen LogP contribution is 2.26. The van der Waals surface area contributed by atoms with Crippen LogP contribution in [0.25, 0.3) is 22.1 Å². The predicted octanol–water partition coefficient (Wildman–Crippen LogP) is 4.19. The van der Waals surface area contributed by atoms with Gasteiger partial charge in [-0.1, -0.05) is 31.2 Å². The van der Waals surface area contributed by atoms with Crippen molar-refractivity contribution in [2.45, 2.75) is 13.3 Å². The number of hydrogen-bond donors (Lipinski definition) is 0. The second-order valence-electron chi connectivity index (χ2n) is 4.92. The van der Waals surface area contributed by atoms with Crippen LogP contribution in [0.1, 0.15) is 23.9 Å². The molecule has 1 heterocycles. The molecule has 0 bridgehead atoms. The molecule has 110 valence electrons. The van der Waals surface area contributed by atoms with Crippen LogP contribution in [0.5, 0.6) is 0 Å². The van der Waals surface area contributed by atoms with Crippen LogP contribution in [0.4, 0.5) is 4.39 Å². The van der Waals surface area contributed by atoms with Crippen molar-refractivity contribution < 1.29 is 13.6 Å². The van der Waals surface area contributed by atoms with E-state index < -0.39 is 5.82 Å². The van der Waals surface area contributed by atoms with Gasteiger partial charge < -0.3 is 4.42 Å². The molecule has 0 saturated carbocycles. The largest absolute Gasteiger partial charge is 0.452 e. The number of para-hydroxylation sites is 1.